The Balaban J connectivity index is 1.59. The highest BCUT2D eigenvalue weighted by atomic mass is 35.5. The molecule has 0 spiro atoms. The molecule has 0 radical (unpaired) electrons. The maximum atomic E-state index is 12.6. The van der Waals surface area contributed by atoms with E-state index in [1.54, 1.807) is 10.9 Å². The molecule has 0 atom stereocenters. The average Bonchev–Trinajstić information content (AvgIpc) is 2.98. The highest BCUT2D eigenvalue weighted by molar-refractivity contribution is 6.33. The maximum Gasteiger partial charge on any atom is 0.276 e. The van der Waals surface area contributed by atoms with Crippen LogP contribution < -0.4 is 0 Å². The zero-order valence-electron chi connectivity index (χ0n) is 14.2. The van der Waals surface area contributed by atoms with E-state index in [-0.39, 0.29) is 5.91 Å². The summed E-state index contributed by atoms with van der Waals surface area (Å²) in [6.07, 6.45) is 1.71. The first-order chi connectivity index (χ1) is 11.6. The smallest absolute Gasteiger partial charge is 0.276 e. The van der Waals surface area contributed by atoms with Gasteiger partial charge in [-0.05, 0) is 25.0 Å². The van der Waals surface area contributed by atoms with Gasteiger partial charge in [0.25, 0.3) is 5.91 Å². The summed E-state index contributed by atoms with van der Waals surface area (Å²) >= 11 is 6.15. The molecule has 128 valence electrons. The maximum absolute atomic E-state index is 12.6. The van der Waals surface area contributed by atoms with E-state index in [2.05, 4.69) is 41.2 Å². The fraction of sp³-hybridized carbons (Fsp3) is 0.444. The second-order valence-electron chi connectivity index (χ2n) is 6.18. The van der Waals surface area contributed by atoms with Crippen LogP contribution in [0.2, 0.25) is 5.02 Å². The van der Waals surface area contributed by atoms with Crippen LogP contribution in [0.3, 0.4) is 0 Å². The number of hydrogen-bond acceptors (Lipinski definition) is 3. The van der Waals surface area contributed by atoms with Crippen molar-refractivity contribution in [2.45, 2.75) is 26.9 Å². The molecule has 6 heteroatoms. The number of amides is 1. The number of halogens is 1. The van der Waals surface area contributed by atoms with E-state index < -0.39 is 0 Å². The number of aryl methyl sites for hydroxylation is 2. The summed E-state index contributed by atoms with van der Waals surface area (Å²) < 4.78 is 1.70. The Kier molecular flexibility index (Phi) is 5.21. The van der Waals surface area contributed by atoms with Crippen LogP contribution in [0.1, 0.15) is 28.5 Å². The number of rotatable bonds is 4. The molecule has 3 rings (SSSR count). The Morgan fingerprint density at radius 3 is 2.54 bits per heavy atom. The fourth-order valence-electron chi connectivity index (χ4n) is 2.99. The van der Waals surface area contributed by atoms with Gasteiger partial charge in [0.15, 0.2) is 5.69 Å². The first-order valence-electron chi connectivity index (χ1n) is 8.37. The van der Waals surface area contributed by atoms with E-state index in [1.165, 1.54) is 11.1 Å². The molecule has 1 amide bonds. The quantitative estimate of drug-likeness (QED) is 0.854. The summed E-state index contributed by atoms with van der Waals surface area (Å²) in [7, 11) is 0. The van der Waals surface area contributed by atoms with Crippen LogP contribution in [0.5, 0.6) is 0 Å². The topological polar surface area (TPSA) is 41.4 Å². The summed E-state index contributed by atoms with van der Waals surface area (Å²) in [6.45, 7) is 8.90. The molecule has 0 saturated carbocycles. The summed E-state index contributed by atoms with van der Waals surface area (Å²) in [5.74, 6) is -0.0669. The third kappa shape index (κ3) is 3.62. The van der Waals surface area contributed by atoms with E-state index in [1.807, 2.05) is 11.8 Å². The van der Waals surface area contributed by atoms with Crippen molar-refractivity contribution < 1.29 is 4.79 Å². The lowest BCUT2D eigenvalue weighted by Crippen LogP contribution is -2.48. The first kappa shape index (κ1) is 17.0. The van der Waals surface area contributed by atoms with Crippen molar-refractivity contribution in [1.82, 2.24) is 19.6 Å². The van der Waals surface area contributed by atoms with Gasteiger partial charge in [0, 0.05) is 45.5 Å². The molecule has 0 bridgehead atoms. The highest BCUT2D eigenvalue weighted by Gasteiger charge is 2.25. The van der Waals surface area contributed by atoms with Crippen molar-refractivity contribution in [2.24, 2.45) is 0 Å². The van der Waals surface area contributed by atoms with Gasteiger partial charge in [0.1, 0.15) is 0 Å². The van der Waals surface area contributed by atoms with Crippen LogP contribution in [-0.4, -0.2) is 51.7 Å². The number of hydrogen-bond donors (Lipinski definition) is 0. The monoisotopic (exact) mass is 346 g/mol. The highest BCUT2D eigenvalue weighted by Crippen LogP contribution is 2.18. The van der Waals surface area contributed by atoms with Crippen molar-refractivity contribution in [3.63, 3.8) is 0 Å². The van der Waals surface area contributed by atoms with Crippen LogP contribution >= 0.6 is 11.6 Å². The third-order valence-electron chi connectivity index (χ3n) is 4.56. The number of aromatic nitrogens is 2. The Bertz CT molecular complexity index is 720. The van der Waals surface area contributed by atoms with Gasteiger partial charge in [-0.1, -0.05) is 35.9 Å². The van der Waals surface area contributed by atoms with Gasteiger partial charge in [-0.3, -0.25) is 14.4 Å². The molecule has 0 unspecified atom stereocenters. The molecule has 1 aromatic heterocycles. The molecule has 1 fully saturated rings. The lowest BCUT2D eigenvalue weighted by molar-refractivity contribution is 0.0621. The Morgan fingerprint density at radius 2 is 1.92 bits per heavy atom. The molecule has 24 heavy (non-hydrogen) atoms. The minimum absolute atomic E-state index is 0.0669. The lowest BCUT2D eigenvalue weighted by Gasteiger charge is -2.34. The zero-order chi connectivity index (χ0) is 17.1. The third-order valence-corrected chi connectivity index (χ3v) is 4.83. The van der Waals surface area contributed by atoms with Gasteiger partial charge < -0.3 is 4.90 Å². The van der Waals surface area contributed by atoms with E-state index in [4.69, 9.17) is 11.6 Å². The molecule has 2 heterocycles. The van der Waals surface area contributed by atoms with Gasteiger partial charge >= 0.3 is 0 Å². The molecule has 1 aliphatic rings. The molecule has 0 aliphatic carbocycles. The fourth-order valence-corrected chi connectivity index (χ4v) is 3.22. The largest absolute Gasteiger partial charge is 0.335 e. The molecule has 1 aliphatic heterocycles. The van der Waals surface area contributed by atoms with Crippen molar-refractivity contribution >= 4 is 17.5 Å². The van der Waals surface area contributed by atoms with Gasteiger partial charge in [-0.25, -0.2) is 0 Å². The minimum atomic E-state index is -0.0669. The van der Waals surface area contributed by atoms with Crippen molar-refractivity contribution in [3.05, 3.63) is 52.3 Å². The first-order valence-corrected chi connectivity index (χ1v) is 8.75. The Morgan fingerprint density at radius 1 is 1.21 bits per heavy atom. The Hall–Kier alpha value is -1.85. The van der Waals surface area contributed by atoms with E-state index in [0.29, 0.717) is 30.4 Å². The summed E-state index contributed by atoms with van der Waals surface area (Å²) in [6, 6.07) is 8.45. The Labute approximate surface area is 147 Å². The number of benzene rings is 1. The van der Waals surface area contributed by atoms with Crippen LogP contribution in [0.15, 0.2) is 30.5 Å². The summed E-state index contributed by atoms with van der Waals surface area (Å²) in [4.78, 5) is 16.9. The van der Waals surface area contributed by atoms with Gasteiger partial charge in [-0.2, -0.15) is 5.10 Å². The predicted molar refractivity (Wildman–Crippen MR) is 95.3 cm³/mol. The van der Waals surface area contributed by atoms with Crippen molar-refractivity contribution in [2.75, 3.05) is 26.2 Å². The normalized spacial score (nSPS) is 15.7. The predicted octanol–water partition coefficient (Wildman–Crippen LogP) is 2.82. The number of carbonyl (C=O) groups excluding carboxylic acids is 1. The molecule has 1 saturated heterocycles. The van der Waals surface area contributed by atoms with E-state index in [0.717, 1.165) is 19.6 Å². The molecular weight excluding hydrogens is 324 g/mol. The number of carbonyl (C=O) groups is 1. The standard InChI is InChI=1S/C18H23ClN4O/c1-3-23-13-16(19)17(20-23)18(24)22-10-8-21(9-11-22)12-15-7-5-4-6-14(15)2/h4-7,13H,3,8-12H2,1-2H3. The summed E-state index contributed by atoms with van der Waals surface area (Å²) in [5.41, 5.74) is 3.03. The second-order valence-corrected chi connectivity index (χ2v) is 6.58. The molecule has 2 aromatic rings. The molecular formula is C18H23ClN4O. The number of nitrogens with zero attached hydrogens (tertiary/aromatic N) is 4. The zero-order valence-corrected chi connectivity index (χ0v) is 15.0. The minimum Gasteiger partial charge on any atom is -0.335 e. The van der Waals surface area contributed by atoms with E-state index >= 15 is 0 Å². The van der Waals surface area contributed by atoms with Crippen LogP contribution in [0.4, 0.5) is 0 Å². The van der Waals surface area contributed by atoms with Gasteiger partial charge in [0.2, 0.25) is 0 Å². The van der Waals surface area contributed by atoms with Gasteiger partial charge in [0.05, 0.1) is 5.02 Å². The van der Waals surface area contributed by atoms with Crippen LogP contribution in [0.25, 0.3) is 0 Å². The molecule has 5 nitrogen and oxygen atoms in total. The summed E-state index contributed by atoms with van der Waals surface area (Å²) in [5, 5.41) is 4.72. The van der Waals surface area contributed by atoms with Crippen LogP contribution in [0, 0.1) is 6.92 Å². The molecule has 0 N–H and O–H groups in total. The molecule has 1 aromatic carbocycles. The van der Waals surface area contributed by atoms with Gasteiger partial charge in [-0.15, -0.1) is 0 Å². The lowest BCUT2D eigenvalue weighted by atomic mass is 10.1. The number of piperazine rings is 1. The van der Waals surface area contributed by atoms with Crippen molar-refractivity contribution in [3.8, 4) is 0 Å². The van der Waals surface area contributed by atoms with Crippen molar-refractivity contribution in [1.29, 1.82) is 0 Å². The second kappa shape index (κ2) is 7.36. The van der Waals surface area contributed by atoms with Crippen LogP contribution in [-0.2, 0) is 13.1 Å². The average molecular weight is 347 g/mol. The SMILES string of the molecule is CCn1cc(Cl)c(C(=O)N2CCN(Cc3ccccc3C)CC2)n1. The van der Waals surface area contributed by atoms with E-state index in [9.17, 15) is 4.79 Å².